The molecule has 3 N–H and O–H groups in total. The molecule has 0 amide bonds. The highest BCUT2D eigenvalue weighted by Crippen LogP contribution is 2.31. The molecule has 158 valence electrons. The fraction of sp³-hybridized carbons (Fsp3) is 0.0909. The summed E-state index contributed by atoms with van der Waals surface area (Å²) in [6, 6.07) is 14.6. The number of nitrogens with two attached hydrogens (primary N) is 1. The summed E-state index contributed by atoms with van der Waals surface area (Å²) < 4.78 is 25.1. The predicted molar refractivity (Wildman–Crippen MR) is 123 cm³/mol. The van der Waals surface area contributed by atoms with Crippen molar-refractivity contribution in [3.63, 3.8) is 0 Å². The Morgan fingerprint density at radius 3 is 2.52 bits per heavy atom. The highest BCUT2D eigenvalue weighted by Gasteiger charge is 2.13. The quantitative estimate of drug-likeness (QED) is 0.463. The Morgan fingerprint density at radius 2 is 1.84 bits per heavy atom. The van der Waals surface area contributed by atoms with E-state index in [2.05, 4.69) is 15.3 Å². The molecule has 9 heteroatoms. The number of hydrogen-bond acceptors (Lipinski definition) is 5. The van der Waals surface area contributed by atoms with Crippen molar-refractivity contribution in [1.82, 2.24) is 14.5 Å². The summed E-state index contributed by atoms with van der Waals surface area (Å²) >= 11 is 6.40. The Balaban J connectivity index is 1.67. The molecule has 7 nitrogen and oxygen atoms in total. The van der Waals surface area contributed by atoms with Crippen molar-refractivity contribution in [3.8, 4) is 22.4 Å². The maximum Gasteiger partial charge on any atom is 0.238 e. The summed E-state index contributed by atoms with van der Waals surface area (Å²) in [5.41, 5.74) is 4.96. The van der Waals surface area contributed by atoms with Gasteiger partial charge in [-0.3, -0.25) is 0 Å². The highest BCUT2D eigenvalue weighted by molar-refractivity contribution is 7.89. The molecule has 4 rings (SSSR count). The van der Waals surface area contributed by atoms with Gasteiger partial charge in [0.2, 0.25) is 16.0 Å². The second-order valence-electron chi connectivity index (χ2n) is 7.18. The maximum absolute atomic E-state index is 11.5. The summed E-state index contributed by atoms with van der Waals surface area (Å²) in [4.78, 5) is 8.89. The Kier molecular flexibility index (Phi) is 5.53. The molecule has 2 aromatic heterocycles. The van der Waals surface area contributed by atoms with E-state index in [4.69, 9.17) is 16.7 Å². The fourth-order valence-corrected chi connectivity index (χ4v) is 4.02. The van der Waals surface area contributed by atoms with E-state index in [1.807, 2.05) is 54.3 Å². The van der Waals surface area contributed by atoms with Gasteiger partial charge in [0.1, 0.15) is 0 Å². The highest BCUT2D eigenvalue weighted by atomic mass is 35.5. The molecule has 0 fully saturated rings. The SMILES string of the molecule is Cc1cc(S(N)(=O)=O)ccc1Nc1ncc(Cl)c(-c2cccc(-c3ccn(C)c3)c2)n1. The van der Waals surface area contributed by atoms with Crippen molar-refractivity contribution in [2.75, 3.05) is 5.32 Å². The lowest BCUT2D eigenvalue weighted by atomic mass is 10.0. The monoisotopic (exact) mass is 453 g/mol. The second-order valence-corrected chi connectivity index (χ2v) is 9.15. The molecule has 0 aliphatic rings. The zero-order chi connectivity index (χ0) is 22.2. The average Bonchev–Trinajstić information content (AvgIpc) is 3.16. The lowest BCUT2D eigenvalue weighted by Gasteiger charge is -2.12. The topological polar surface area (TPSA) is 103 Å². The maximum atomic E-state index is 11.5. The first kappa shape index (κ1) is 21.0. The van der Waals surface area contributed by atoms with Gasteiger partial charge >= 0.3 is 0 Å². The summed E-state index contributed by atoms with van der Waals surface area (Å²) in [5, 5.41) is 8.74. The van der Waals surface area contributed by atoms with Crippen LogP contribution in [0.5, 0.6) is 0 Å². The molecular formula is C22H20ClN5O2S. The summed E-state index contributed by atoms with van der Waals surface area (Å²) in [5.74, 6) is 0.343. The van der Waals surface area contributed by atoms with E-state index in [1.54, 1.807) is 13.0 Å². The van der Waals surface area contributed by atoms with Crippen LogP contribution in [0.15, 0.2) is 72.0 Å². The van der Waals surface area contributed by atoms with E-state index in [-0.39, 0.29) is 4.90 Å². The van der Waals surface area contributed by atoms with Crippen LogP contribution in [-0.2, 0) is 17.1 Å². The number of rotatable bonds is 5. The molecule has 2 aromatic carbocycles. The van der Waals surface area contributed by atoms with Gasteiger partial charge in [-0.15, -0.1) is 0 Å². The number of anilines is 2. The first-order valence-corrected chi connectivity index (χ1v) is 11.3. The van der Waals surface area contributed by atoms with Crippen molar-refractivity contribution >= 4 is 33.3 Å². The Morgan fingerprint density at radius 1 is 1.06 bits per heavy atom. The number of hydrogen-bond donors (Lipinski definition) is 2. The first-order chi connectivity index (χ1) is 14.7. The third kappa shape index (κ3) is 4.61. The Labute approximate surface area is 185 Å². The molecule has 0 saturated carbocycles. The van der Waals surface area contributed by atoms with Gasteiger partial charge < -0.3 is 9.88 Å². The minimum Gasteiger partial charge on any atom is -0.357 e. The number of aromatic nitrogens is 3. The molecule has 0 bridgehead atoms. The smallest absolute Gasteiger partial charge is 0.238 e. The lowest BCUT2D eigenvalue weighted by molar-refractivity contribution is 0.597. The van der Waals surface area contributed by atoms with Gasteiger partial charge in [-0.25, -0.2) is 23.5 Å². The predicted octanol–water partition coefficient (Wildman–Crippen LogP) is 4.50. The number of sulfonamides is 1. The zero-order valence-electron chi connectivity index (χ0n) is 16.9. The van der Waals surface area contributed by atoms with Gasteiger partial charge in [-0.1, -0.05) is 29.8 Å². The van der Waals surface area contributed by atoms with E-state index < -0.39 is 10.0 Å². The van der Waals surface area contributed by atoms with Crippen LogP contribution in [0.1, 0.15) is 5.56 Å². The molecule has 0 unspecified atom stereocenters. The normalized spacial score (nSPS) is 11.5. The third-order valence-corrected chi connectivity index (χ3v) is 6.01. The van der Waals surface area contributed by atoms with E-state index in [0.717, 1.165) is 16.7 Å². The van der Waals surface area contributed by atoms with Crippen LogP contribution >= 0.6 is 11.6 Å². The van der Waals surface area contributed by atoms with Crippen LogP contribution in [0.2, 0.25) is 5.02 Å². The van der Waals surface area contributed by atoms with Crippen molar-refractivity contribution in [2.45, 2.75) is 11.8 Å². The van der Waals surface area contributed by atoms with Gasteiger partial charge in [-0.2, -0.15) is 0 Å². The minimum absolute atomic E-state index is 0.0472. The molecule has 0 atom stereocenters. The molecular weight excluding hydrogens is 434 g/mol. The molecule has 0 saturated heterocycles. The number of primary sulfonamides is 1. The standard InChI is InChI=1S/C22H20ClN5O2S/c1-14-10-18(31(24,29)30)6-7-20(14)26-22-25-12-19(23)21(27-22)16-5-3-4-15(11-16)17-8-9-28(2)13-17/h3-13H,1-2H3,(H2,24,29,30)(H,25,26,27). The van der Waals surface area contributed by atoms with Crippen LogP contribution < -0.4 is 10.5 Å². The van der Waals surface area contributed by atoms with E-state index in [0.29, 0.717) is 27.9 Å². The molecule has 0 aliphatic carbocycles. The molecule has 0 radical (unpaired) electrons. The van der Waals surface area contributed by atoms with Gasteiger partial charge in [-0.05, 0) is 53.9 Å². The second kappa shape index (κ2) is 8.14. The summed E-state index contributed by atoms with van der Waals surface area (Å²) in [7, 11) is -1.79. The van der Waals surface area contributed by atoms with Crippen molar-refractivity contribution < 1.29 is 8.42 Å². The van der Waals surface area contributed by atoms with Gasteiger partial charge in [0.05, 0.1) is 21.8 Å². The third-order valence-electron chi connectivity index (χ3n) is 4.82. The van der Waals surface area contributed by atoms with Crippen molar-refractivity contribution in [3.05, 3.63) is 77.7 Å². The zero-order valence-corrected chi connectivity index (χ0v) is 18.4. The van der Waals surface area contributed by atoms with Crippen LogP contribution in [0, 0.1) is 6.92 Å². The Bertz CT molecular complexity index is 1380. The van der Waals surface area contributed by atoms with Crippen molar-refractivity contribution in [2.24, 2.45) is 12.2 Å². The lowest BCUT2D eigenvalue weighted by Crippen LogP contribution is -2.12. The molecule has 2 heterocycles. The van der Waals surface area contributed by atoms with Gasteiger partial charge in [0.15, 0.2) is 0 Å². The van der Waals surface area contributed by atoms with Crippen LogP contribution in [-0.4, -0.2) is 23.0 Å². The summed E-state index contributed by atoms with van der Waals surface area (Å²) in [6.45, 7) is 1.77. The molecule has 0 aliphatic heterocycles. The molecule has 31 heavy (non-hydrogen) atoms. The van der Waals surface area contributed by atoms with Crippen LogP contribution in [0.4, 0.5) is 11.6 Å². The van der Waals surface area contributed by atoms with Gasteiger partial charge in [0.25, 0.3) is 0 Å². The average molecular weight is 454 g/mol. The minimum atomic E-state index is -3.77. The number of halogens is 1. The summed E-state index contributed by atoms with van der Waals surface area (Å²) in [6.07, 6.45) is 5.57. The fourth-order valence-electron chi connectivity index (χ4n) is 3.22. The molecule has 0 spiro atoms. The van der Waals surface area contributed by atoms with E-state index >= 15 is 0 Å². The van der Waals surface area contributed by atoms with E-state index in [1.165, 1.54) is 18.3 Å². The number of nitrogens with one attached hydrogen (secondary N) is 1. The van der Waals surface area contributed by atoms with Gasteiger partial charge in [0, 0.05) is 30.7 Å². The van der Waals surface area contributed by atoms with Crippen LogP contribution in [0.25, 0.3) is 22.4 Å². The Hall–Kier alpha value is -3.20. The number of benzene rings is 2. The number of aryl methyl sites for hydroxylation is 2. The van der Waals surface area contributed by atoms with E-state index in [9.17, 15) is 8.42 Å². The largest absolute Gasteiger partial charge is 0.357 e. The molecule has 4 aromatic rings. The number of nitrogens with zero attached hydrogens (tertiary/aromatic N) is 3. The van der Waals surface area contributed by atoms with Crippen molar-refractivity contribution in [1.29, 1.82) is 0 Å². The van der Waals surface area contributed by atoms with Crippen LogP contribution in [0.3, 0.4) is 0 Å². The first-order valence-electron chi connectivity index (χ1n) is 9.36.